The number of benzene rings is 3. The number of sulfonamides is 2. The van der Waals surface area contributed by atoms with Gasteiger partial charge in [-0.2, -0.15) is 0 Å². The lowest BCUT2D eigenvalue weighted by Crippen LogP contribution is -2.16. The summed E-state index contributed by atoms with van der Waals surface area (Å²) in [6.07, 6.45) is 0. The number of hydrogen-bond acceptors (Lipinski definition) is 4. The molecule has 6 nitrogen and oxygen atoms in total. The third-order valence-corrected chi connectivity index (χ3v) is 7.95. The Balaban J connectivity index is 1.80. The van der Waals surface area contributed by atoms with Crippen LogP contribution in [-0.2, 0) is 20.0 Å². The van der Waals surface area contributed by atoms with Crippen molar-refractivity contribution in [2.45, 2.75) is 50.3 Å². The maximum absolute atomic E-state index is 12.8. The highest BCUT2D eigenvalue weighted by Gasteiger charge is 2.18. The molecule has 0 unspecified atom stereocenters. The molecule has 32 heavy (non-hydrogen) atoms. The third-order valence-electron chi connectivity index (χ3n) is 5.19. The first-order valence-corrected chi connectivity index (χ1v) is 13.2. The van der Waals surface area contributed by atoms with Gasteiger partial charge in [-0.05, 0) is 79.8 Å². The van der Waals surface area contributed by atoms with E-state index in [0.717, 1.165) is 22.3 Å². The van der Waals surface area contributed by atoms with Crippen molar-refractivity contribution in [1.29, 1.82) is 0 Å². The fraction of sp³-hybridized carbons (Fsp3) is 0.250. The van der Waals surface area contributed by atoms with Gasteiger partial charge in [-0.15, -0.1) is 0 Å². The molecule has 0 amide bonds. The molecule has 0 saturated carbocycles. The molecule has 170 valence electrons. The van der Waals surface area contributed by atoms with Gasteiger partial charge in [-0.1, -0.05) is 43.7 Å². The van der Waals surface area contributed by atoms with E-state index in [0.29, 0.717) is 11.6 Å². The van der Waals surface area contributed by atoms with Gasteiger partial charge in [0.05, 0.1) is 15.5 Å². The minimum atomic E-state index is -3.82. The quantitative estimate of drug-likeness (QED) is 0.486. The summed E-state index contributed by atoms with van der Waals surface area (Å²) in [6.45, 7) is 9.73. The van der Waals surface area contributed by atoms with E-state index in [1.165, 1.54) is 24.3 Å². The SMILES string of the molecule is Cc1cc(C)c(NS(=O)(=O)c2ccc(NS(=O)(=O)c3ccc(C(C)C)cc3)cc2)c(C)c1. The molecule has 8 heteroatoms. The largest absolute Gasteiger partial charge is 0.280 e. The van der Waals surface area contributed by atoms with Crippen LogP contribution in [0.3, 0.4) is 0 Å². The van der Waals surface area contributed by atoms with E-state index in [1.54, 1.807) is 24.3 Å². The summed E-state index contributed by atoms with van der Waals surface area (Å²) in [5, 5.41) is 0. The molecule has 0 aliphatic rings. The van der Waals surface area contributed by atoms with Crippen LogP contribution in [0.2, 0.25) is 0 Å². The topological polar surface area (TPSA) is 92.3 Å². The first-order chi connectivity index (χ1) is 14.9. The molecule has 0 radical (unpaired) electrons. The normalized spacial score (nSPS) is 12.1. The second-order valence-electron chi connectivity index (χ2n) is 8.23. The number of rotatable bonds is 7. The van der Waals surface area contributed by atoms with Crippen LogP contribution in [0.5, 0.6) is 0 Å². The van der Waals surface area contributed by atoms with Crippen LogP contribution in [0.1, 0.15) is 42.0 Å². The summed E-state index contributed by atoms with van der Waals surface area (Å²) >= 11 is 0. The van der Waals surface area contributed by atoms with Gasteiger partial charge in [0, 0.05) is 5.69 Å². The van der Waals surface area contributed by atoms with Gasteiger partial charge in [0.1, 0.15) is 0 Å². The van der Waals surface area contributed by atoms with E-state index in [9.17, 15) is 16.8 Å². The van der Waals surface area contributed by atoms with Crippen molar-refractivity contribution in [1.82, 2.24) is 0 Å². The molecule has 0 aliphatic heterocycles. The molecule has 0 atom stereocenters. The molecule has 0 saturated heterocycles. The molecule has 0 aromatic heterocycles. The van der Waals surface area contributed by atoms with Crippen molar-refractivity contribution in [3.8, 4) is 0 Å². The molecule has 3 aromatic carbocycles. The van der Waals surface area contributed by atoms with Crippen molar-refractivity contribution < 1.29 is 16.8 Å². The van der Waals surface area contributed by atoms with Crippen molar-refractivity contribution in [3.63, 3.8) is 0 Å². The lowest BCUT2D eigenvalue weighted by molar-refractivity contribution is 0.600. The monoisotopic (exact) mass is 472 g/mol. The minimum absolute atomic E-state index is 0.0427. The van der Waals surface area contributed by atoms with Gasteiger partial charge in [0.15, 0.2) is 0 Å². The number of hydrogen-bond donors (Lipinski definition) is 2. The summed E-state index contributed by atoms with van der Waals surface area (Å²) in [4.78, 5) is 0.187. The minimum Gasteiger partial charge on any atom is -0.280 e. The van der Waals surface area contributed by atoms with Crippen molar-refractivity contribution in [2.75, 3.05) is 9.44 Å². The lowest BCUT2D eigenvalue weighted by atomic mass is 10.0. The predicted octanol–water partition coefficient (Wildman–Crippen LogP) is 5.34. The van der Waals surface area contributed by atoms with Crippen LogP contribution in [-0.4, -0.2) is 16.8 Å². The molecule has 2 N–H and O–H groups in total. The molecule has 3 rings (SSSR count). The van der Waals surface area contributed by atoms with Gasteiger partial charge in [-0.25, -0.2) is 16.8 Å². The van der Waals surface area contributed by atoms with E-state index in [1.807, 2.05) is 46.8 Å². The van der Waals surface area contributed by atoms with Crippen LogP contribution >= 0.6 is 0 Å². The zero-order chi connectivity index (χ0) is 23.7. The summed E-state index contributed by atoms with van der Waals surface area (Å²) in [7, 11) is -7.61. The van der Waals surface area contributed by atoms with E-state index in [4.69, 9.17) is 0 Å². The van der Waals surface area contributed by atoms with Crippen molar-refractivity contribution in [3.05, 3.63) is 82.9 Å². The Morgan fingerprint density at radius 1 is 0.656 bits per heavy atom. The maximum atomic E-state index is 12.8. The highest BCUT2D eigenvalue weighted by Crippen LogP contribution is 2.26. The van der Waals surface area contributed by atoms with Crippen LogP contribution < -0.4 is 9.44 Å². The van der Waals surface area contributed by atoms with E-state index >= 15 is 0 Å². The first kappa shape index (κ1) is 23.8. The van der Waals surface area contributed by atoms with Gasteiger partial charge in [0.2, 0.25) is 0 Å². The second kappa shape index (κ2) is 8.96. The Bertz CT molecular complexity index is 1300. The van der Waals surface area contributed by atoms with Gasteiger partial charge in [-0.3, -0.25) is 9.44 Å². The van der Waals surface area contributed by atoms with Crippen LogP contribution in [0.15, 0.2) is 70.5 Å². The molecular weight excluding hydrogens is 444 g/mol. The van der Waals surface area contributed by atoms with Crippen LogP contribution in [0.25, 0.3) is 0 Å². The fourth-order valence-electron chi connectivity index (χ4n) is 3.48. The second-order valence-corrected chi connectivity index (χ2v) is 11.6. The molecule has 0 bridgehead atoms. The Kier molecular flexibility index (Phi) is 6.67. The predicted molar refractivity (Wildman–Crippen MR) is 129 cm³/mol. The molecule has 0 heterocycles. The average Bonchev–Trinajstić information content (AvgIpc) is 2.71. The number of nitrogens with one attached hydrogen (secondary N) is 2. The molecule has 0 spiro atoms. The maximum Gasteiger partial charge on any atom is 0.261 e. The number of aryl methyl sites for hydroxylation is 3. The summed E-state index contributed by atoms with van der Waals surface area (Å²) in [5.74, 6) is 0.301. The summed E-state index contributed by atoms with van der Waals surface area (Å²) in [6, 6.07) is 16.1. The van der Waals surface area contributed by atoms with Gasteiger partial charge < -0.3 is 0 Å². The third kappa shape index (κ3) is 5.31. The Morgan fingerprint density at radius 2 is 1.09 bits per heavy atom. The Hall–Kier alpha value is -2.84. The fourth-order valence-corrected chi connectivity index (χ4v) is 5.74. The summed E-state index contributed by atoms with van der Waals surface area (Å²) < 4.78 is 56.2. The molecule has 0 aliphatic carbocycles. The zero-order valence-corrected chi connectivity index (χ0v) is 20.4. The van der Waals surface area contributed by atoms with E-state index < -0.39 is 20.0 Å². The Labute approximate surface area is 190 Å². The van der Waals surface area contributed by atoms with E-state index in [-0.39, 0.29) is 15.5 Å². The van der Waals surface area contributed by atoms with Gasteiger partial charge in [0.25, 0.3) is 20.0 Å². The summed E-state index contributed by atoms with van der Waals surface area (Å²) in [5.41, 5.74) is 4.59. The first-order valence-electron chi connectivity index (χ1n) is 10.2. The standard InChI is InChI=1S/C24H28N2O4S2/c1-16(2)20-6-10-22(11-7-20)31(27,28)25-21-8-12-23(13-9-21)32(29,30)26-24-18(4)14-17(3)15-19(24)5/h6-16,25-26H,1-5H3. The average molecular weight is 473 g/mol. The highest BCUT2D eigenvalue weighted by molar-refractivity contribution is 7.93. The van der Waals surface area contributed by atoms with Crippen LogP contribution in [0.4, 0.5) is 11.4 Å². The Morgan fingerprint density at radius 3 is 1.56 bits per heavy atom. The lowest BCUT2D eigenvalue weighted by Gasteiger charge is -2.15. The van der Waals surface area contributed by atoms with Crippen molar-refractivity contribution in [2.24, 2.45) is 0 Å². The highest BCUT2D eigenvalue weighted by atomic mass is 32.2. The molecule has 3 aromatic rings. The number of anilines is 2. The smallest absolute Gasteiger partial charge is 0.261 e. The van der Waals surface area contributed by atoms with Crippen LogP contribution in [0, 0.1) is 20.8 Å². The van der Waals surface area contributed by atoms with E-state index in [2.05, 4.69) is 9.44 Å². The van der Waals surface area contributed by atoms with Crippen molar-refractivity contribution >= 4 is 31.4 Å². The van der Waals surface area contributed by atoms with Gasteiger partial charge >= 0.3 is 0 Å². The molecular formula is C24H28N2O4S2. The molecule has 0 fully saturated rings. The zero-order valence-electron chi connectivity index (χ0n) is 18.8.